The van der Waals surface area contributed by atoms with Gasteiger partial charge in [0.1, 0.15) is 5.82 Å². The Kier molecular flexibility index (Phi) is 9.45. The van der Waals surface area contributed by atoms with Crippen molar-refractivity contribution >= 4 is 54.9 Å². The van der Waals surface area contributed by atoms with E-state index in [1.807, 2.05) is 12.1 Å². The van der Waals surface area contributed by atoms with E-state index in [0.29, 0.717) is 44.7 Å². The number of carbonyl (C=O) groups excluding carboxylic acids is 1. The molecule has 1 heterocycles. The zero-order valence-corrected chi connectivity index (χ0v) is 23.2. The maximum absolute atomic E-state index is 13.3. The minimum atomic E-state index is -0.504. The molecule has 0 amide bonds. The molecule has 8 nitrogen and oxygen atoms in total. The van der Waals surface area contributed by atoms with Gasteiger partial charge in [-0.25, -0.2) is 9.78 Å². The molecule has 0 aliphatic heterocycles. The van der Waals surface area contributed by atoms with Crippen LogP contribution in [-0.2, 0) is 16.0 Å². The third-order valence-electron chi connectivity index (χ3n) is 4.91. The first-order chi connectivity index (χ1) is 16.7. The van der Waals surface area contributed by atoms with Gasteiger partial charge < -0.3 is 14.2 Å². The van der Waals surface area contributed by atoms with Crippen LogP contribution in [0.25, 0.3) is 10.9 Å². The molecule has 35 heavy (non-hydrogen) atoms. The topological polar surface area (TPSA) is 92.0 Å². The molecule has 0 N–H and O–H groups in total. The first-order valence-electron chi connectivity index (χ1n) is 11.2. The molecule has 1 aromatic heterocycles. The summed E-state index contributed by atoms with van der Waals surface area (Å²) in [6.45, 7) is 5.30. The molecule has 0 saturated heterocycles. The zero-order chi connectivity index (χ0) is 25.5. The Morgan fingerprint density at radius 1 is 1.20 bits per heavy atom. The van der Waals surface area contributed by atoms with Gasteiger partial charge >= 0.3 is 5.97 Å². The second-order valence-corrected chi connectivity index (χ2v) is 9.84. The van der Waals surface area contributed by atoms with Gasteiger partial charge in [0.2, 0.25) is 0 Å². The summed E-state index contributed by atoms with van der Waals surface area (Å²) >= 11 is 6.87. The van der Waals surface area contributed by atoms with Crippen molar-refractivity contribution in [2.75, 3.05) is 13.7 Å². The Hall–Kier alpha value is -2.72. The summed E-state index contributed by atoms with van der Waals surface area (Å²) in [4.78, 5) is 30.1. The number of hydrogen-bond acceptors (Lipinski definition) is 7. The van der Waals surface area contributed by atoms with Crippen molar-refractivity contribution in [3.8, 4) is 11.5 Å². The summed E-state index contributed by atoms with van der Waals surface area (Å²) in [6, 6.07) is 8.88. The lowest BCUT2D eigenvalue weighted by Crippen LogP contribution is -2.22. The molecule has 0 aliphatic carbocycles. The normalized spacial score (nSPS) is 11.4. The fraction of sp³-hybridized carbons (Fsp3) is 0.360. The molecule has 0 bridgehead atoms. The summed E-state index contributed by atoms with van der Waals surface area (Å²) in [5, 5.41) is 4.95. The van der Waals surface area contributed by atoms with Gasteiger partial charge in [0, 0.05) is 20.9 Å². The van der Waals surface area contributed by atoms with E-state index in [2.05, 4.69) is 48.9 Å². The van der Waals surface area contributed by atoms with Crippen LogP contribution in [0.4, 0.5) is 0 Å². The Bertz CT molecular complexity index is 1300. The summed E-state index contributed by atoms with van der Waals surface area (Å²) in [5.74, 6) is 0.764. The number of hydrogen-bond donors (Lipinski definition) is 0. The number of benzene rings is 2. The van der Waals surface area contributed by atoms with Crippen LogP contribution >= 0.6 is 31.9 Å². The highest BCUT2D eigenvalue weighted by molar-refractivity contribution is 9.10. The third-order valence-corrected chi connectivity index (χ3v) is 5.86. The van der Waals surface area contributed by atoms with Gasteiger partial charge in [-0.2, -0.15) is 9.78 Å². The van der Waals surface area contributed by atoms with Crippen LogP contribution in [-0.4, -0.2) is 41.7 Å². The predicted molar refractivity (Wildman–Crippen MR) is 143 cm³/mol. The number of fused-ring (bicyclic) bond motifs is 1. The van der Waals surface area contributed by atoms with Crippen molar-refractivity contribution in [3.63, 3.8) is 0 Å². The van der Waals surface area contributed by atoms with Crippen LogP contribution in [0.5, 0.6) is 11.5 Å². The molecule has 0 spiro atoms. The van der Waals surface area contributed by atoms with E-state index in [1.54, 1.807) is 32.0 Å². The molecule has 0 radical (unpaired) electrons. The van der Waals surface area contributed by atoms with Crippen molar-refractivity contribution in [1.82, 2.24) is 9.66 Å². The lowest BCUT2D eigenvalue weighted by molar-refractivity contribution is -0.149. The van der Waals surface area contributed by atoms with Crippen LogP contribution in [0.3, 0.4) is 0 Å². The van der Waals surface area contributed by atoms with Gasteiger partial charge in [-0.15, -0.1) is 0 Å². The summed E-state index contributed by atoms with van der Waals surface area (Å²) < 4.78 is 19.2. The first kappa shape index (κ1) is 26.9. The monoisotopic (exact) mass is 607 g/mol. The van der Waals surface area contributed by atoms with Crippen molar-refractivity contribution in [2.45, 2.75) is 46.1 Å². The SMILES string of the molecule is CCCCc1nc2ccc(Br)cc2c(=O)n1N=Cc1cc(Br)cc(OC)c1OCC(=O)OC(C)C. The zero-order valence-electron chi connectivity index (χ0n) is 20.0. The number of unbranched alkanes of at least 4 members (excludes halogenated alkanes) is 1. The highest BCUT2D eigenvalue weighted by atomic mass is 79.9. The van der Waals surface area contributed by atoms with E-state index in [4.69, 9.17) is 14.2 Å². The number of ether oxygens (including phenoxy) is 3. The quantitative estimate of drug-likeness (QED) is 0.223. The number of halogens is 2. The van der Waals surface area contributed by atoms with Crippen molar-refractivity contribution in [2.24, 2.45) is 5.10 Å². The number of methoxy groups -OCH3 is 1. The summed E-state index contributed by atoms with van der Waals surface area (Å²) in [6.07, 6.45) is 3.65. The highest BCUT2D eigenvalue weighted by Gasteiger charge is 2.16. The maximum atomic E-state index is 13.3. The second-order valence-electron chi connectivity index (χ2n) is 8.01. The van der Waals surface area contributed by atoms with E-state index in [9.17, 15) is 9.59 Å². The number of rotatable bonds is 10. The molecule has 2 aromatic carbocycles. The molecule has 0 unspecified atom stereocenters. The molecule has 3 aromatic rings. The molecule has 3 rings (SSSR count). The molecule has 0 saturated carbocycles. The Balaban J connectivity index is 2.07. The number of carbonyl (C=O) groups is 1. The number of nitrogens with zero attached hydrogens (tertiary/aromatic N) is 3. The van der Waals surface area contributed by atoms with E-state index < -0.39 is 5.97 Å². The van der Waals surface area contributed by atoms with Crippen LogP contribution in [0.1, 0.15) is 45.0 Å². The molecule has 0 fully saturated rings. The molecular weight excluding hydrogens is 582 g/mol. The van der Waals surface area contributed by atoms with Gasteiger partial charge in [0.15, 0.2) is 18.1 Å². The molecule has 0 aliphatic rings. The van der Waals surface area contributed by atoms with Crippen molar-refractivity contribution in [1.29, 1.82) is 0 Å². The van der Waals surface area contributed by atoms with Crippen molar-refractivity contribution < 1.29 is 19.0 Å². The largest absolute Gasteiger partial charge is 0.493 e. The van der Waals surface area contributed by atoms with Gasteiger partial charge in [0.05, 0.1) is 30.3 Å². The molecular formula is C25H27Br2N3O5. The third kappa shape index (κ3) is 6.91. The van der Waals surface area contributed by atoms with Crippen molar-refractivity contribution in [3.05, 3.63) is 61.0 Å². The smallest absolute Gasteiger partial charge is 0.344 e. The predicted octanol–water partition coefficient (Wildman–Crippen LogP) is 5.49. The average Bonchev–Trinajstić information content (AvgIpc) is 2.81. The lowest BCUT2D eigenvalue weighted by atomic mass is 10.2. The van der Waals surface area contributed by atoms with Crippen LogP contribution in [0.15, 0.2) is 49.2 Å². The molecule has 0 atom stereocenters. The fourth-order valence-corrected chi connectivity index (χ4v) is 4.16. The van der Waals surface area contributed by atoms with E-state index in [-0.39, 0.29) is 18.3 Å². The van der Waals surface area contributed by atoms with Crippen LogP contribution in [0.2, 0.25) is 0 Å². The summed E-state index contributed by atoms with van der Waals surface area (Å²) in [7, 11) is 1.50. The lowest BCUT2D eigenvalue weighted by Gasteiger charge is -2.15. The van der Waals surface area contributed by atoms with E-state index in [1.165, 1.54) is 18.0 Å². The summed E-state index contributed by atoms with van der Waals surface area (Å²) in [5.41, 5.74) is 0.854. The van der Waals surface area contributed by atoms with E-state index >= 15 is 0 Å². The number of aryl methyl sites for hydroxylation is 1. The average molecular weight is 609 g/mol. The first-order valence-corrected chi connectivity index (χ1v) is 12.8. The minimum Gasteiger partial charge on any atom is -0.493 e. The molecule has 186 valence electrons. The second kappa shape index (κ2) is 12.3. The van der Waals surface area contributed by atoms with Gasteiger partial charge in [-0.05, 0) is 50.6 Å². The van der Waals surface area contributed by atoms with Gasteiger partial charge in [-0.3, -0.25) is 4.79 Å². The van der Waals surface area contributed by atoms with Crippen LogP contribution < -0.4 is 15.0 Å². The van der Waals surface area contributed by atoms with E-state index in [0.717, 1.165) is 17.3 Å². The Labute approximate surface area is 220 Å². The van der Waals surface area contributed by atoms with Gasteiger partial charge in [0.25, 0.3) is 5.56 Å². The van der Waals surface area contributed by atoms with Crippen LogP contribution in [0, 0.1) is 0 Å². The molecule has 10 heteroatoms. The Morgan fingerprint density at radius 2 is 1.97 bits per heavy atom. The highest BCUT2D eigenvalue weighted by Crippen LogP contribution is 2.34. The minimum absolute atomic E-state index is 0.257. The maximum Gasteiger partial charge on any atom is 0.344 e. The Morgan fingerprint density at radius 3 is 2.66 bits per heavy atom. The standard InChI is InChI=1S/C25H27Br2N3O5/c1-5-6-7-22-29-20-9-8-17(26)11-19(20)25(32)30(22)28-13-16-10-18(27)12-21(33-4)24(16)34-14-23(31)35-15(2)3/h8-13,15H,5-7,14H2,1-4H3. The number of esters is 1. The van der Waals surface area contributed by atoms with Gasteiger partial charge in [-0.1, -0.05) is 45.2 Å². The number of aromatic nitrogens is 2. The fourth-order valence-electron chi connectivity index (χ4n) is 3.35.